The highest BCUT2D eigenvalue weighted by molar-refractivity contribution is 4.46. The van der Waals surface area contributed by atoms with Crippen molar-refractivity contribution in [3.05, 3.63) is 0 Å². The lowest BCUT2D eigenvalue weighted by Gasteiger charge is -1.97. The van der Waals surface area contributed by atoms with E-state index in [1.165, 1.54) is 205 Å². The lowest BCUT2D eigenvalue weighted by molar-refractivity contribution is 0.287. The zero-order valence-electron chi connectivity index (χ0n) is 34.2. The molecule has 0 bridgehead atoms. The second-order valence-corrected chi connectivity index (χ2v) is 13.6. The first-order valence-corrected chi connectivity index (χ1v) is 21.7. The van der Waals surface area contributed by atoms with Crippen molar-refractivity contribution in [1.82, 2.24) is 0 Å². The summed E-state index contributed by atoms with van der Waals surface area (Å²) in [5.41, 5.74) is 0. The average molecular weight is 643 g/mol. The van der Waals surface area contributed by atoms with Crippen LogP contribution in [0.15, 0.2) is 0 Å². The Bertz CT molecular complexity index is 268. The van der Waals surface area contributed by atoms with E-state index in [-0.39, 0.29) is 0 Å². The maximum atomic E-state index is 8.07. The van der Waals surface area contributed by atoms with Crippen molar-refractivity contribution in [1.29, 1.82) is 0 Å². The molecular formula is C44H98O. The van der Waals surface area contributed by atoms with Gasteiger partial charge in [-0.3, -0.25) is 0 Å². The molecule has 0 aliphatic carbocycles. The van der Waals surface area contributed by atoms with E-state index in [1.807, 2.05) is 0 Å². The maximum Gasteiger partial charge on any atom is 0.0430 e. The minimum absolute atomic E-state index is 0.344. The number of rotatable bonds is 30. The quantitative estimate of drug-likeness (QED) is 0.0773. The predicted octanol–water partition coefficient (Wildman–Crippen LogP) is 17.4. The SMILES string of the molecule is CCCCCCCCCC.CCCCCCCCCC.CCCCCCCCCC.CCCCCCCCCC.CCCCO. The molecule has 0 unspecified atom stereocenters. The predicted molar refractivity (Wildman–Crippen MR) is 215 cm³/mol. The number of hydrogen-bond acceptors (Lipinski definition) is 1. The molecular weight excluding hydrogens is 544 g/mol. The molecule has 0 aliphatic rings. The molecule has 0 rings (SSSR count). The van der Waals surface area contributed by atoms with Crippen molar-refractivity contribution in [3.8, 4) is 0 Å². The Morgan fingerprint density at radius 2 is 0.289 bits per heavy atom. The first kappa shape index (κ1) is 54.4. The van der Waals surface area contributed by atoms with E-state index in [9.17, 15) is 0 Å². The topological polar surface area (TPSA) is 20.2 Å². The normalized spacial score (nSPS) is 10.0. The van der Waals surface area contributed by atoms with Gasteiger partial charge in [-0.15, -0.1) is 0 Å². The van der Waals surface area contributed by atoms with Crippen molar-refractivity contribution in [3.63, 3.8) is 0 Å². The highest BCUT2D eigenvalue weighted by atomic mass is 16.2. The van der Waals surface area contributed by atoms with Gasteiger partial charge >= 0.3 is 0 Å². The van der Waals surface area contributed by atoms with Gasteiger partial charge < -0.3 is 5.11 Å². The van der Waals surface area contributed by atoms with E-state index >= 15 is 0 Å². The van der Waals surface area contributed by atoms with E-state index in [0.717, 1.165) is 12.8 Å². The van der Waals surface area contributed by atoms with Gasteiger partial charge in [-0.2, -0.15) is 0 Å². The third-order valence-corrected chi connectivity index (χ3v) is 8.34. The Kier molecular flexibility index (Phi) is 80.3. The van der Waals surface area contributed by atoms with Crippen molar-refractivity contribution in [2.24, 2.45) is 0 Å². The molecule has 0 fully saturated rings. The summed E-state index contributed by atoms with van der Waals surface area (Å²) in [5.74, 6) is 0. The molecule has 0 aromatic carbocycles. The van der Waals surface area contributed by atoms with Gasteiger partial charge in [0.15, 0.2) is 0 Å². The summed E-state index contributed by atoms with van der Waals surface area (Å²) < 4.78 is 0. The fraction of sp³-hybridized carbons (Fsp3) is 1.00. The van der Waals surface area contributed by atoms with Gasteiger partial charge in [0.25, 0.3) is 0 Å². The second-order valence-electron chi connectivity index (χ2n) is 13.6. The summed E-state index contributed by atoms with van der Waals surface area (Å²) >= 11 is 0. The summed E-state index contributed by atoms with van der Waals surface area (Å²) in [6.07, 6.45) is 47.9. The average Bonchev–Trinajstić information content (AvgIpc) is 3.06. The van der Waals surface area contributed by atoms with Crippen LogP contribution in [-0.4, -0.2) is 11.7 Å². The molecule has 0 radical (unpaired) electrons. The molecule has 0 aromatic heterocycles. The first-order valence-electron chi connectivity index (χ1n) is 21.7. The highest BCUT2D eigenvalue weighted by Gasteiger charge is 1.90. The standard InChI is InChI=1S/4C10H22.C4H10O/c4*1-3-5-7-9-10-8-6-4-2;1-2-3-4-5/h4*3-10H2,1-2H3;5H,2-4H2,1H3. The zero-order chi connectivity index (χ0) is 34.7. The molecule has 0 saturated carbocycles. The van der Waals surface area contributed by atoms with E-state index in [0.29, 0.717) is 6.61 Å². The van der Waals surface area contributed by atoms with Gasteiger partial charge in [0, 0.05) is 6.61 Å². The van der Waals surface area contributed by atoms with E-state index in [2.05, 4.69) is 62.3 Å². The van der Waals surface area contributed by atoms with Gasteiger partial charge in [-0.05, 0) is 6.42 Å². The Morgan fingerprint density at radius 3 is 0.356 bits per heavy atom. The molecule has 0 heterocycles. The van der Waals surface area contributed by atoms with Crippen LogP contribution in [0.3, 0.4) is 0 Å². The molecule has 45 heavy (non-hydrogen) atoms. The van der Waals surface area contributed by atoms with Crippen molar-refractivity contribution >= 4 is 0 Å². The van der Waals surface area contributed by atoms with Crippen LogP contribution in [0.25, 0.3) is 0 Å². The molecule has 0 spiro atoms. The lowest BCUT2D eigenvalue weighted by Crippen LogP contribution is -1.77. The van der Waals surface area contributed by atoms with Gasteiger partial charge in [-0.25, -0.2) is 0 Å². The minimum Gasteiger partial charge on any atom is -0.396 e. The third-order valence-electron chi connectivity index (χ3n) is 8.34. The van der Waals surface area contributed by atoms with Crippen molar-refractivity contribution in [2.75, 3.05) is 6.61 Å². The Hall–Kier alpha value is -0.0400. The van der Waals surface area contributed by atoms with Crippen LogP contribution in [-0.2, 0) is 0 Å². The first-order chi connectivity index (χ1) is 22.1. The Labute approximate surface area is 291 Å². The summed E-state index contributed by atoms with van der Waals surface area (Å²) in [6.45, 7) is 20.6. The summed E-state index contributed by atoms with van der Waals surface area (Å²) in [6, 6.07) is 0. The van der Waals surface area contributed by atoms with Crippen LogP contribution in [0.5, 0.6) is 0 Å². The molecule has 0 aliphatic heterocycles. The lowest BCUT2D eigenvalue weighted by atomic mass is 10.1. The van der Waals surface area contributed by atoms with Gasteiger partial charge in [0.05, 0.1) is 0 Å². The van der Waals surface area contributed by atoms with Crippen LogP contribution in [0, 0.1) is 0 Å². The largest absolute Gasteiger partial charge is 0.396 e. The van der Waals surface area contributed by atoms with Gasteiger partial charge in [-0.1, -0.05) is 274 Å². The summed E-state index contributed by atoms with van der Waals surface area (Å²) in [4.78, 5) is 0. The molecule has 0 saturated heterocycles. The number of hydrogen-bond donors (Lipinski definition) is 1. The Balaban J connectivity index is -0.000000150. The van der Waals surface area contributed by atoms with Crippen LogP contribution in [0.2, 0.25) is 0 Å². The third kappa shape index (κ3) is 86.2. The molecule has 1 nitrogen and oxygen atoms in total. The van der Waals surface area contributed by atoms with E-state index in [4.69, 9.17) is 5.11 Å². The van der Waals surface area contributed by atoms with Gasteiger partial charge in [0.1, 0.15) is 0 Å². The monoisotopic (exact) mass is 643 g/mol. The molecule has 0 aromatic rings. The Morgan fingerprint density at radius 1 is 0.178 bits per heavy atom. The van der Waals surface area contributed by atoms with E-state index in [1.54, 1.807) is 0 Å². The number of unbranched alkanes of at least 4 members (excludes halogenated alkanes) is 29. The second kappa shape index (κ2) is 66.4. The van der Waals surface area contributed by atoms with Crippen LogP contribution in [0.1, 0.15) is 281 Å². The number of aliphatic hydroxyl groups excluding tert-OH is 1. The van der Waals surface area contributed by atoms with Crippen molar-refractivity contribution < 1.29 is 5.11 Å². The maximum absolute atomic E-state index is 8.07. The van der Waals surface area contributed by atoms with Crippen LogP contribution >= 0.6 is 0 Å². The zero-order valence-corrected chi connectivity index (χ0v) is 34.2. The minimum atomic E-state index is 0.344. The van der Waals surface area contributed by atoms with E-state index < -0.39 is 0 Å². The molecule has 0 atom stereocenters. The highest BCUT2D eigenvalue weighted by Crippen LogP contribution is 2.10. The molecule has 280 valence electrons. The molecule has 1 N–H and O–H groups in total. The van der Waals surface area contributed by atoms with Crippen LogP contribution < -0.4 is 0 Å². The summed E-state index contributed by atoms with van der Waals surface area (Å²) in [5, 5.41) is 8.07. The van der Waals surface area contributed by atoms with Gasteiger partial charge in [0.2, 0.25) is 0 Å². The summed E-state index contributed by atoms with van der Waals surface area (Å²) in [7, 11) is 0. The van der Waals surface area contributed by atoms with Crippen LogP contribution in [0.4, 0.5) is 0 Å². The fourth-order valence-electron chi connectivity index (χ4n) is 4.99. The molecule has 1 heteroatoms. The smallest absolute Gasteiger partial charge is 0.0430 e. The van der Waals surface area contributed by atoms with Crippen molar-refractivity contribution in [2.45, 2.75) is 281 Å². The fourth-order valence-corrected chi connectivity index (χ4v) is 4.99. The number of aliphatic hydroxyl groups is 1. The molecule has 0 amide bonds.